The fourth-order valence-electron chi connectivity index (χ4n) is 2.62. The van der Waals surface area contributed by atoms with Gasteiger partial charge in [0.05, 0.1) is 11.4 Å². The van der Waals surface area contributed by atoms with Gasteiger partial charge < -0.3 is 16.0 Å². The molecule has 0 bridgehead atoms. The van der Waals surface area contributed by atoms with Crippen molar-refractivity contribution in [3.8, 4) is 0 Å². The van der Waals surface area contributed by atoms with Crippen molar-refractivity contribution in [2.45, 2.75) is 33.2 Å². The van der Waals surface area contributed by atoms with E-state index in [2.05, 4.69) is 36.7 Å². The third-order valence-electron chi connectivity index (χ3n) is 4.16. The molecule has 114 valence electrons. The second kappa shape index (κ2) is 6.26. The number of fused-ring (bicyclic) bond motifs is 1. The molecule has 2 atom stereocenters. The molecule has 1 aliphatic heterocycles. The first kappa shape index (κ1) is 15.5. The summed E-state index contributed by atoms with van der Waals surface area (Å²) in [6.45, 7) is 6.60. The monoisotopic (exact) mass is 289 g/mol. The van der Waals surface area contributed by atoms with Crippen molar-refractivity contribution in [1.29, 1.82) is 0 Å². The average molecular weight is 289 g/mol. The van der Waals surface area contributed by atoms with Crippen LogP contribution in [-0.4, -0.2) is 18.9 Å². The third-order valence-corrected chi connectivity index (χ3v) is 4.16. The van der Waals surface area contributed by atoms with Crippen LogP contribution < -0.4 is 16.0 Å². The van der Waals surface area contributed by atoms with E-state index in [4.69, 9.17) is 0 Å². The van der Waals surface area contributed by atoms with E-state index in [1.54, 1.807) is 0 Å². The maximum Gasteiger partial charge on any atom is 0.233 e. The Labute approximate surface area is 125 Å². The number of hydrogen-bond acceptors (Lipinski definition) is 3. The van der Waals surface area contributed by atoms with E-state index in [-0.39, 0.29) is 24.3 Å². The molecule has 0 saturated heterocycles. The fraction of sp³-hybridized carbons (Fsp3) is 0.500. The number of benzene rings is 1. The molecule has 0 radical (unpaired) electrons. The molecule has 0 fully saturated rings. The molecule has 5 heteroatoms. The minimum atomic E-state index is -0.278. The van der Waals surface area contributed by atoms with Crippen LogP contribution in [0.3, 0.4) is 0 Å². The topological polar surface area (TPSA) is 70.2 Å². The van der Waals surface area contributed by atoms with Crippen molar-refractivity contribution in [2.24, 2.45) is 11.8 Å². The molecule has 1 heterocycles. The summed E-state index contributed by atoms with van der Waals surface area (Å²) in [4.78, 5) is 23.2. The van der Waals surface area contributed by atoms with Crippen LogP contribution >= 0.6 is 0 Å². The number of anilines is 2. The molecule has 3 N–H and O–H groups in total. The predicted molar refractivity (Wildman–Crippen MR) is 84.1 cm³/mol. The van der Waals surface area contributed by atoms with E-state index in [0.717, 1.165) is 5.56 Å². The molecule has 0 aromatic heterocycles. The molecule has 0 saturated carbocycles. The number of carbonyl (C=O) groups is 2. The Hall–Kier alpha value is -1.88. The standard InChI is InChI=1S/C16H23N3O2/c1-9(2)10(3)16(17-4)11-5-6-12-13(7-11)19-15(21)8-14(20)18-12/h5-7,9-10,16-17H,8H2,1-4H3,(H,18,20)(H,19,21). The minimum Gasteiger partial charge on any atom is -0.324 e. The zero-order valence-electron chi connectivity index (χ0n) is 13.0. The lowest BCUT2D eigenvalue weighted by molar-refractivity contribution is -0.123. The fourth-order valence-corrected chi connectivity index (χ4v) is 2.62. The molecule has 2 unspecified atom stereocenters. The predicted octanol–water partition coefficient (Wildman–Crippen LogP) is 2.52. The summed E-state index contributed by atoms with van der Waals surface area (Å²) in [5.41, 5.74) is 2.43. The second-order valence-corrected chi connectivity index (χ2v) is 5.95. The number of rotatable bonds is 4. The van der Waals surface area contributed by atoms with Gasteiger partial charge >= 0.3 is 0 Å². The SMILES string of the molecule is CNC(c1ccc2c(c1)NC(=O)CC(=O)N2)C(C)C(C)C. The molecule has 1 aromatic carbocycles. The summed E-state index contributed by atoms with van der Waals surface area (Å²) >= 11 is 0. The van der Waals surface area contributed by atoms with Crippen molar-refractivity contribution in [2.75, 3.05) is 17.7 Å². The quantitative estimate of drug-likeness (QED) is 0.746. The Morgan fingerprint density at radius 2 is 1.67 bits per heavy atom. The largest absolute Gasteiger partial charge is 0.324 e. The van der Waals surface area contributed by atoms with Gasteiger partial charge in [-0.25, -0.2) is 0 Å². The average Bonchev–Trinajstić information content (AvgIpc) is 2.55. The highest BCUT2D eigenvalue weighted by Gasteiger charge is 2.23. The van der Waals surface area contributed by atoms with Crippen LogP contribution in [0.2, 0.25) is 0 Å². The van der Waals surface area contributed by atoms with Crippen LogP contribution in [0.5, 0.6) is 0 Å². The number of carbonyl (C=O) groups excluding carboxylic acids is 2. The molecule has 1 aliphatic rings. The maximum atomic E-state index is 11.7. The lowest BCUT2D eigenvalue weighted by Crippen LogP contribution is -2.26. The molecule has 5 nitrogen and oxygen atoms in total. The van der Waals surface area contributed by atoms with E-state index in [1.165, 1.54) is 0 Å². The van der Waals surface area contributed by atoms with Gasteiger partial charge in [0.25, 0.3) is 0 Å². The van der Waals surface area contributed by atoms with Crippen molar-refractivity contribution >= 4 is 23.2 Å². The van der Waals surface area contributed by atoms with Gasteiger partial charge in [-0.1, -0.05) is 26.8 Å². The summed E-state index contributed by atoms with van der Waals surface area (Å²) in [5, 5.41) is 8.88. The molecule has 1 aromatic rings. The molecule has 0 spiro atoms. The minimum absolute atomic E-state index is 0.137. The highest BCUT2D eigenvalue weighted by molar-refractivity contribution is 6.13. The van der Waals surface area contributed by atoms with E-state index in [0.29, 0.717) is 23.2 Å². The van der Waals surface area contributed by atoms with E-state index in [9.17, 15) is 9.59 Å². The van der Waals surface area contributed by atoms with E-state index < -0.39 is 0 Å². The van der Waals surface area contributed by atoms with Crippen LogP contribution in [0.1, 0.15) is 38.8 Å². The smallest absolute Gasteiger partial charge is 0.233 e. The third kappa shape index (κ3) is 3.42. The van der Waals surface area contributed by atoms with Crippen LogP contribution in [0.4, 0.5) is 11.4 Å². The van der Waals surface area contributed by atoms with Crippen molar-refractivity contribution in [1.82, 2.24) is 5.32 Å². The summed E-state index contributed by atoms with van der Waals surface area (Å²) in [7, 11) is 1.94. The van der Waals surface area contributed by atoms with Gasteiger partial charge in [-0.15, -0.1) is 0 Å². The lowest BCUT2D eigenvalue weighted by Gasteiger charge is -2.27. The van der Waals surface area contributed by atoms with Gasteiger partial charge in [-0.3, -0.25) is 9.59 Å². The Morgan fingerprint density at radius 3 is 2.24 bits per heavy atom. The Morgan fingerprint density at radius 1 is 1.05 bits per heavy atom. The van der Waals surface area contributed by atoms with Gasteiger partial charge in [0, 0.05) is 6.04 Å². The molecule has 0 aliphatic carbocycles. The van der Waals surface area contributed by atoms with Gasteiger partial charge in [-0.05, 0) is 36.6 Å². The van der Waals surface area contributed by atoms with Gasteiger partial charge in [-0.2, -0.15) is 0 Å². The molecule has 2 rings (SSSR count). The summed E-state index contributed by atoms with van der Waals surface area (Å²) in [6, 6.07) is 5.99. The van der Waals surface area contributed by atoms with Crippen LogP contribution in [0.25, 0.3) is 0 Å². The molecular formula is C16H23N3O2. The summed E-state index contributed by atoms with van der Waals surface area (Å²) in [6.07, 6.45) is -0.137. The first-order valence-corrected chi connectivity index (χ1v) is 7.33. The molecule has 2 amide bonds. The zero-order chi connectivity index (χ0) is 15.6. The normalized spacial score (nSPS) is 17.6. The van der Waals surface area contributed by atoms with Crippen LogP contribution in [0, 0.1) is 11.8 Å². The van der Waals surface area contributed by atoms with E-state index in [1.807, 2.05) is 25.2 Å². The molecule has 21 heavy (non-hydrogen) atoms. The molecular weight excluding hydrogens is 266 g/mol. The Bertz CT molecular complexity index is 554. The van der Waals surface area contributed by atoms with Crippen molar-refractivity contribution in [3.63, 3.8) is 0 Å². The van der Waals surface area contributed by atoms with Gasteiger partial charge in [0.1, 0.15) is 6.42 Å². The number of hydrogen-bond donors (Lipinski definition) is 3. The second-order valence-electron chi connectivity index (χ2n) is 5.95. The number of nitrogens with one attached hydrogen (secondary N) is 3. The van der Waals surface area contributed by atoms with Crippen molar-refractivity contribution < 1.29 is 9.59 Å². The highest BCUT2D eigenvalue weighted by atomic mass is 16.2. The maximum absolute atomic E-state index is 11.7. The summed E-state index contributed by atoms with van der Waals surface area (Å²) < 4.78 is 0. The van der Waals surface area contributed by atoms with Gasteiger partial charge in [0.15, 0.2) is 0 Å². The first-order chi connectivity index (χ1) is 9.92. The lowest BCUT2D eigenvalue weighted by atomic mass is 9.86. The first-order valence-electron chi connectivity index (χ1n) is 7.33. The Kier molecular flexibility index (Phi) is 4.63. The van der Waals surface area contributed by atoms with Crippen LogP contribution in [0.15, 0.2) is 18.2 Å². The van der Waals surface area contributed by atoms with Gasteiger partial charge in [0.2, 0.25) is 11.8 Å². The van der Waals surface area contributed by atoms with Crippen molar-refractivity contribution in [3.05, 3.63) is 23.8 Å². The van der Waals surface area contributed by atoms with E-state index >= 15 is 0 Å². The Balaban J connectivity index is 2.35. The summed E-state index contributed by atoms with van der Waals surface area (Å²) in [5.74, 6) is 0.431. The highest BCUT2D eigenvalue weighted by Crippen LogP contribution is 2.33. The van der Waals surface area contributed by atoms with Crippen LogP contribution in [-0.2, 0) is 9.59 Å². The number of amides is 2. The zero-order valence-corrected chi connectivity index (χ0v) is 13.0.